The first-order chi connectivity index (χ1) is 11.7. The van der Waals surface area contributed by atoms with E-state index in [0.717, 1.165) is 27.8 Å². The summed E-state index contributed by atoms with van der Waals surface area (Å²) in [5.74, 6) is 1.34. The molecule has 0 saturated carbocycles. The van der Waals surface area contributed by atoms with Gasteiger partial charge in [0, 0.05) is 22.8 Å². The fraction of sp³-hybridized carbons (Fsp3) is 0.0526. The summed E-state index contributed by atoms with van der Waals surface area (Å²) in [7, 11) is 0. The van der Waals surface area contributed by atoms with Crippen LogP contribution in [0.3, 0.4) is 0 Å². The van der Waals surface area contributed by atoms with Gasteiger partial charge in [-0.2, -0.15) is 0 Å². The maximum atomic E-state index is 5.90. The van der Waals surface area contributed by atoms with Crippen LogP contribution >= 0.6 is 11.6 Å². The number of nitrogens with two attached hydrogens (primary N) is 1. The summed E-state index contributed by atoms with van der Waals surface area (Å²) in [6, 6.07) is 13.7. The molecule has 0 saturated heterocycles. The molecule has 120 valence electrons. The molecule has 0 unspecified atom stereocenters. The summed E-state index contributed by atoms with van der Waals surface area (Å²) in [4.78, 5) is 9.17. The van der Waals surface area contributed by atoms with Crippen molar-refractivity contribution in [3.63, 3.8) is 0 Å². The zero-order chi connectivity index (χ0) is 16.9. The Morgan fingerprint density at radius 2 is 1.83 bits per heavy atom. The molecular formula is C19H17ClN4. The van der Waals surface area contributed by atoms with Crippen LogP contribution in [-0.2, 0) is 0 Å². The Bertz CT molecular complexity index is 915. The fourth-order valence-electron chi connectivity index (χ4n) is 2.32. The average molecular weight is 337 g/mol. The van der Waals surface area contributed by atoms with Crippen molar-refractivity contribution >= 4 is 40.5 Å². The first-order valence-electron chi connectivity index (χ1n) is 7.51. The largest absolute Gasteiger partial charge is 0.403 e. The molecule has 3 rings (SSSR count). The third kappa shape index (κ3) is 3.73. The minimum Gasteiger partial charge on any atom is -0.403 e. The quantitative estimate of drug-likeness (QED) is 0.730. The van der Waals surface area contributed by atoms with Crippen molar-refractivity contribution in [1.82, 2.24) is 9.97 Å². The van der Waals surface area contributed by atoms with Crippen molar-refractivity contribution in [2.24, 2.45) is 5.73 Å². The predicted octanol–water partition coefficient (Wildman–Crippen LogP) is 4.60. The number of aryl methyl sites for hydroxylation is 1. The van der Waals surface area contributed by atoms with Gasteiger partial charge in [-0.3, -0.25) is 0 Å². The molecule has 5 heteroatoms. The molecule has 3 aromatic rings. The van der Waals surface area contributed by atoms with Crippen molar-refractivity contribution in [3.05, 3.63) is 76.8 Å². The second-order valence-corrected chi connectivity index (χ2v) is 5.78. The summed E-state index contributed by atoms with van der Waals surface area (Å²) in [6.07, 6.45) is 6.91. The van der Waals surface area contributed by atoms with Gasteiger partial charge in [0.2, 0.25) is 0 Å². The van der Waals surface area contributed by atoms with E-state index in [-0.39, 0.29) is 0 Å². The first kappa shape index (κ1) is 16.0. The predicted molar refractivity (Wildman–Crippen MR) is 102 cm³/mol. The van der Waals surface area contributed by atoms with Crippen LogP contribution in [0.5, 0.6) is 0 Å². The Kier molecular flexibility index (Phi) is 4.77. The number of benzene rings is 2. The lowest BCUT2D eigenvalue weighted by atomic mass is 10.1. The highest BCUT2D eigenvalue weighted by Gasteiger charge is 2.05. The molecule has 0 fully saturated rings. The molecule has 0 spiro atoms. The third-order valence-electron chi connectivity index (χ3n) is 3.48. The Hall–Kier alpha value is -2.85. The van der Waals surface area contributed by atoms with Crippen LogP contribution in [0.25, 0.3) is 23.1 Å². The Labute approximate surface area is 145 Å². The number of aromatic nitrogens is 2. The zero-order valence-corrected chi connectivity index (χ0v) is 14.0. The van der Waals surface area contributed by atoms with Crippen molar-refractivity contribution in [2.75, 3.05) is 5.32 Å². The maximum absolute atomic E-state index is 5.90. The number of hydrogen-bond donors (Lipinski definition) is 2. The molecular weight excluding hydrogens is 320 g/mol. The van der Waals surface area contributed by atoms with Gasteiger partial charge < -0.3 is 11.1 Å². The standard InChI is InChI=1S/C19H17ClN4/c1-13-2-8-17-16(12-13)19(22-11-10-21)24-18(23-17)9-5-14-3-6-15(20)7-4-14/h2-12H,21H2,1H3,(H,22,23,24)/b9-5+,11-10+. The van der Waals surface area contributed by atoms with E-state index in [4.69, 9.17) is 17.3 Å². The molecule has 0 radical (unpaired) electrons. The van der Waals surface area contributed by atoms with Crippen molar-refractivity contribution < 1.29 is 0 Å². The number of anilines is 1. The minimum atomic E-state index is 0.620. The summed E-state index contributed by atoms with van der Waals surface area (Å²) in [5, 5.41) is 4.77. The van der Waals surface area contributed by atoms with Gasteiger partial charge in [0.15, 0.2) is 5.82 Å². The normalized spacial score (nSPS) is 11.6. The monoisotopic (exact) mass is 336 g/mol. The van der Waals surface area contributed by atoms with Crippen LogP contribution < -0.4 is 11.1 Å². The van der Waals surface area contributed by atoms with E-state index in [1.54, 1.807) is 6.20 Å². The molecule has 0 aliphatic carbocycles. The molecule has 0 atom stereocenters. The van der Waals surface area contributed by atoms with Gasteiger partial charge >= 0.3 is 0 Å². The lowest BCUT2D eigenvalue weighted by Gasteiger charge is -2.07. The zero-order valence-electron chi connectivity index (χ0n) is 13.2. The van der Waals surface area contributed by atoms with Gasteiger partial charge in [0.1, 0.15) is 5.82 Å². The molecule has 4 nitrogen and oxygen atoms in total. The minimum absolute atomic E-state index is 0.620. The number of halogens is 1. The Morgan fingerprint density at radius 3 is 2.58 bits per heavy atom. The molecule has 0 amide bonds. The van der Waals surface area contributed by atoms with Crippen LogP contribution in [0, 0.1) is 6.92 Å². The lowest BCUT2D eigenvalue weighted by molar-refractivity contribution is 1.18. The smallest absolute Gasteiger partial charge is 0.154 e. The topological polar surface area (TPSA) is 63.8 Å². The van der Waals surface area contributed by atoms with E-state index in [9.17, 15) is 0 Å². The number of rotatable bonds is 4. The van der Waals surface area contributed by atoms with Crippen LogP contribution in [0.1, 0.15) is 17.0 Å². The van der Waals surface area contributed by atoms with E-state index in [2.05, 4.69) is 21.4 Å². The van der Waals surface area contributed by atoms with Crippen molar-refractivity contribution in [1.29, 1.82) is 0 Å². The van der Waals surface area contributed by atoms with Gasteiger partial charge in [0.25, 0.3) is 0 Å². The maximum Gasteiger partial charge on any atom is 0.154 e. The van der Waals surface area contributed by atoms with E-state index < -0.39 is 0 Å². The fourth-order valence-corrected chi connectivity index (χ4v) is 2.44. The van der Waals surface area contributed by atoms with Crippen LogP contribution in [0.4, 0.5) is 5.82 Å². The highest BCUT2D eigenvalue weighted by Crippen LogP contribution is 2.22. The van der Waals surface area contributed by atoms with E-state index in [1.807, 2.05) is 55.5 Å². The van der Waals surface area contributed by atoms with Gasteiger partial charge in [-0.25, -0.2) is 9.97 Å². The second-order valence-electron chi connectivity index (χ2n) is 5.34. The summed E-state index contributed by atoms with van der Waals surface area (Å²) in [6.45, 7) is 2.04. The van der Waals surface area contributed by atoms with Crippen LogP contribution in [-0.4, -0.2) is 9.97 Å². The molecule has 0 aliphatic heterocycles. The summed E-state index contributed by atoms with van der Waals surface area (Å²) >= 11 is 5.90. The van der Waals surface area contributed by atoms with Gasteiger partial charge in [0.05, 0.1) is 5.52 Å². The molecule has 3 N–H and O–H groups in total. The summed E-state index contributed by atoms with van der Waals surface area (Å²) in [5.41, 5.74) is 8.48. The highest BCUT2D eigenvalue weighted by molar-refractivity contribution is 6.30. The molecule has 24 heavy (non-hydrogen) atoms. The first-order valence-corrected chi connectivity index (χ1v) is 7.89. The van der Waals surface area contributed by atoms with Crippen molar-refractivity contribution in [3.8, 4) is 0 Å². The molecule has 0 bridgehead atoms. The Balaban J connectivity index is 2.01. The van der Waals surface area contributed by atoms with Crippen LogP contribution in [0.2, 0.25) is 5.02 Å². The van der Waals surface area contributed by atoms with E-state index in [0.29, 0.717) is 10.8 Å². The van der Waals surface area contributed by atoms with E-state index in [1.165, 1.54) is 6.20 Å². The molecule has 1 heterocycles. The van der Waals surface area contributed by atoms with Gasteiger partial charge in [-0.05, 0) is 42.8 Å². The van der Waals surface area contributed by atoms with Crippen LogP contribution in [0.15, 0.2) is 54.9 Å². The number of hydrogen-bond acceptors (Lipinski definition) is 4. The van der Waals surface area contributed by atoms with Gasteiger partial charge in [-0.15, -0.1) is 0 Å². The number of nitrogens with one attached hydrogen (secondary N) is 1. The summed E-state index contributed by atoms with van der Waals surface area (Å²) < 4.78 is 0. The second kappa shape index (κ2) is 7.15. The molecule has 0 aliphatic rings. The molecule has 1 aromatic heterocycles. The molecule has 2 aromatic carbocycles. The highest BCUT2D eigenvalue weighted by atomic mass is 35.5. The van der Waals surface area contributed by atoms with E-state index >= 15 is 0 Å². The Morgan fingerprint density at radius 1 is 1.04 bits per heavy atom. The lowest BCUT2D eigenvalue weighted by Crippen LogP contribution is -1.99. The number of nitrogens with zero attached hydrogens (tertiary/aromatic N) is 2. The third-order valence-corrected chi connectivity index (χ3v) is 3.73. The average Bonchev–Trinajstić information content (AvgIpc) is 2.59. The number of fused-ring (bicyclic) bond motifs is 1. The van der Waals surface area contributed by atoms with Gasteiger partial charge in [-0.1, -0.05) is 41.4 Å². The van der Waals surface area contributed by atoms with Crippen molar-refractivity contribution in [2.45, 2.75) is 6.92 Å². The SMILES string of the molecule is Cc1ccc2nc(/C=C/c3ccc(Cl)cc3)nc(N/C=C/N)c2c1.